The molecule has 110 valence electrons. The zero-order chi connectivity index (χ0) is 15.2. The summed E-state index contributed by atoms with van der Waals surface area (Å²) in [6.45, 7) is 2.91. The summed E-state index contributed by atoms with van der Waals surface area (Å²) in [5.74, 6) is -0.186. The molecule has 0 fully saturated rings. The normalized spacial score (nSPS) is 10.2. The standard InChI is InChI=1S/C16H16ClNO3/c1-11-4-2-3-5-15(11)21-9-8-18-14-7-6-12(17)10-13(14)16(19)20/h2-7,10,18H,8-9H2,1H3,(H,19,20). The lowest BCUT2D eigenvalue weighted by atomic mass is 10.2. The molecule has 0 spiro atoms. The summed E-state index contributed by atoms with van der Waals surface area (Å²) < 4.78 is 5.65. The van der Waals surface area contributed by atoms with Crippen LogP contribution in [0.5, 0.6) is 5.75 Å². The van der Waals surface area contributed by atoms with Gasteiger partial charge in [-0.1, -0.05) is 29.8 Å². The fourth-order valence-corrected chi connectivity index (χ4v) is 2.08. The number of carboxylic acids is 1. The Labute approximate surface area is 128 Å². The molecule has 0 aromatic heterocycles. The highest BCUT2D eigenvalue weighted by atomic mass is 35.5. The number of rotatable bonds is 6. The number of carboxylic acid groups (broad SMARTS) is 1. The van der Waals surface area contributed by atoms with Crippen LogP contribution in [0.25, 0.3) is 0 Å². The van der Waals surface area contributed by atoms with E-state index >= 15 is 0 Å². The second-order valence-corrected chi connectivity index (χ2v) is 4.97. The van der Waals surface area contributed by atoms with Gasteiger partial charge in [0.2, 0.25) is 0 Å². The lowest BCUT2D eigenvalue weighted by Crippen LogP contribution is -2.14. The van der Waals surface area contributed by atoms with E-state index in [1.807, 2.05) is 31.2 Å². The van der Waals surface area contributed by atoms with Crippen molar-refractivity contribution in [2.24, 2.45) is 0 Å². The minimum atomic E-state index is -1.01. The first-order valence-corrected chi connectivity index (χ1v) is 6.91. The van der Waals surface area contributed by atoms with Crippen LogP contribution in [-0.4, -0.2) is 24.2 Å². The molecule has 0 radical (unpaired) electrons. The molecule has 0 aliphatic carbocycles. The Morgan fingerprint density at radius 3 is 2.76 bits per heavy atom. The Morgan fingerprint density at radius 1 is 1.29 bits per heavy atom. The van der Waals surface area contributed by atoms with Gasteiger partial charge in [0.15, 0.2) is 0 Å². The Hall–Kier alpha value is -2.20. The summed E-state index contributed by atoms with van der Waals surface area (Å²) in [4.78, 5) is 11.1. The fraction of sp³-hybridized carbons (Fsp3) is 0.188. The van der Waals surface area contributed by atoms with Crippen LogP contribution in [-0.2, 0) is 0 Å². The van der Waals surface area contributed by atoms with Crippen molar-refractivity contribution in [1.29, 1.82) is 0 Å². The number of hydrogen-bond acceptors (Lipinski definition) is 3. The summed E-state index contributed by atoms with van der Waals surface area (Å²) >= 11 is 5.80. The van der Waals surface area contributed by atoms with E-state index in [-0.39, 0.29) is 5.56 Å². The number of anilines is 1. The molecule has 5 heteroatoms. The fourth-order valence-electron chi connectivity index (χ4n) is 1.91. The number of aryl methyl sites for hydroxylation is 1. The number of benzene rings is 2. The van der Waals surface area contributed by atoms with E-state index in [4.69, 9.17) is 21.4 Å². The highest BCUT2D eigenvalue weighted by Crippen LogP contribution is 2.21. The molecule has 2 aromatic carbocycles. The molecule has 4 nitrogen and oxygen atoms in total. The van der Waals surface area contributed by atoms with Crippen molar-refractivity contribution in [2.75, 3.05) is 18.5 Å². The monoisotopic (exact) mass is 305 g/mol. The van der Waals surface area contributed by atoms with Crippen LogP contribution >= 0.6 is 11.6 Å². The lowest BCUT2D eigenvalue weighted by molar-refractivity contribution is 0.0698. The van der Waals surface area contributed by atoms with Gasteiger partial charge in [-0.3, -0.25) is 0 Å². The third-order valence-electron chi connectivity index (χ3n) is 2.98. The zero-order valence-electron chi connectivity index (χ0n) is 11.6. The van der Waals surface area contributed by atoms with Gasteiger partial charge in [0.1, 0.15) is 12.4 Å². The van der Waals surface area contributed by atoms with Crippen molar-refractivity contribution >= 4 is 23.3 Å². The SMILES string of the molecule is Cc1ccccc1OCCNc1ccc(Cl)cc1C(=O)O. The van der Waals surface area contributed by atoms with E-state index in [0.717, 1.165) is 11.3 Å². The second kappa shape index (κ2) is 6.99. The van der Waals surface area contributed by atoms with E-state index in [2.05, 4.69) is 5.32 Å². The third kappa shape index (κ3) is 4.13. The summed E-state index contributed by atoms with van der Waals surface area (Å²) in [7, 11) is 0. The van der Waals surface area contributed by atoms with Crippen molar-refractivity contribution in [3.05, 3.63) is 58.6 Å². The predicted octanol–water partition coefficient (Wildman–Crippen LogP) is 3.84. The Kier molecular flexibility index (Phi) is 5.06. The molecule has 0 saturated carbocycles. The van der Waals surface area contributed by atoms with Gasteiger partial charge < -0.3 is 15.2 Å². The molecular formula is C16H16ClNO3. The van der Waals surface area contributed by atoms with Gasteiger partial charge in [-0.05, 0) is 36.8 Å². The smallest absolute Gasteiger partial charge is 0.337 e. The molecule has 0 bridgehead atoms. The molecule has 0 aliphatic heterocycles. The van der Waals surface area contributed by atoms with Gasteiger partial charge in [0.25, 0.3) is 0 Å². The number of halogens is 1. The molecule has 2 aromatic rings. The maximum Gasteiger partial charge on any atom is 0.337 e. The molecule has 2 rings (SSSR count). The highest BCUT2D eigenvalue weighted by Gasteiger charge is 2.10. The second-order valence-electron chi connectivity index (χ2n) is 4.54. The summed E-state index contributed by atoms with van der Waals surface area (Å²) in [6, 6.07) is 12.5. The number of aromatic carboxylic acids is 1. The van der Waals surface area contributed by atoms with Crippen LogP contribution < -0.4 is 10.1 Å². The van der Waals surface area contributed by atoms with Gasteiger partial charge >= 0.3 is 5.97 Å². The van der Waals surface area contributed by atoms with Crippen molar-refractivity contribution < 1.29 is 14.6 Å². The number of hydrogen-bond donors (Lipinski definition) is 2. The Bertz CT molecular complexity index is 643. The van der Waals surface area contributed by atoms with Gasteiger partial charge in [-0.15, -0.1) is 0 Å². The van der Waals surface area contributed by atoms with Gasteiger partial charge in [-0.25, -0.2) is 4.79 Å². The zero-order valence-corrected chi connectivity index (χ0v) is 12.4. The molecule has 2 N–H and O–H groups in total. The highest BCUT2D eigenvalue weighted by molar-refractivity contribution is 6.31. The predicted molar refractivity (Wildman–Crippen MR) is 83.6 cm³/mol. The number of carbonyl (C=O) groups is 1. The average molecular weight is 306 g/mol. The van der Waals surface area contributed by atoms with Crippen molar-refractivity contribution in [3.8, 4) is 5.75 Å². The van der Waals surface area contributed by atoms with Crippen LogP contribution in [0.3, 0.4) is 0 Å². The van der Waals surface area contributed by atoms with Crippen LogP contribution in [0.1, 0.15) is 15.9 Å². The maximum atomic E-state index is 11.1. The molecule has 0 aliphatic rings. The largest absolute Gasteiger partial charge is 0.491 e. The Balaban J connectivity index is 1.92. The lowest BCUT2D eigenvalue weighted by Gasteiger charge is -2.12. The number of nitrogens with one attached hydrogen (secondary N) is 1. The number of ether oxygens (including phenoxy) is 1. The molecule has 21 heavy (non-hydrogen) atoms. The third-order valence-corrected chi connectivity index (χ3v) is 3.22. The first-order chi connectivity index (χ1) is 10.1. The quantitative estimate of drug-likeness (QED) is 0.796. The molecule has 0 unspecified atom stereocenters. The van der Waals surface area contributed by atoms with Crippen LogP contribution in [0.4, 0.5) is 5.69 Å². The van der Waals surface area contributed by atoms with Crippen molar-refractivity contribution in [1.82, 2.24) is 0 Å². The van der Waals surface area contributed by atoms with Crippen LogP contribution in [0.15, 0.2) is 42.5 Å². The maximum absolute atomic E-state index is 11.1. The topological polar surface area (TPSA) is 58.6 Å². The number of para-hydroxylation sites is 1. The first kappa shape index (κ1) is 15.2. The summed E-state index contributed by atoms with van der Waals surface area (Å²) in [5.41, 5.74) is 1.74. The van der Waals surface area contributed by atoms with E-state index in [9.17, 15) is 4.79 Å². The summed E-state index contributed by atoms with van der Waals surface area (Å²) in [5, 5.41) is 12.6. The van der Waals surface area contributed by atoms with Crippen molar-refractivity contribution in [3.63, 3.8) is 0 Å². The minimum absolute atomic E-state index is 0.151. The molecule has 0 saturated heterocycles. The van der Waals surface area contributed by atoms with Crippen molar-refractivity contribution in [2.45, 2.75) is 6.92 Å². The van der Waals surface area contributed by atoms with Gasteiger partial charge in [0.05, 0.1) is 5.56 Å². The average Bonchev–Trinajstić information content (AvgIpc) is 2.46. The van der Waals surface area contributed by atoms with Crippen LogP contribution in [0.2, 0.25) is 5.02 Å². The van der Waals surface area contributed by atoms with Gasteiger partial charge in [0, 0.05) is 17.3 Å². The Morgan fingerprint density at radius 2 is 2.05 bits per heavy atom. The minimum Gasteiger partial charge on any atom is -0.491 e. The molecule has 0 amide bonds. The van der Waals surface area contributed by atoms with E-state index in [1.165, 1.54) is 6.07 Å². The van der Waals surface area contributed by atoms with Crippen LogP contribution in [0, 0.1) is 6.92 Å². The van der Waals surface area contributed by atoms with E-state index < -0.39 is 5.97 Å². The summed E-state index contributed by atoms with van der Waals surface area (Å²) in [6.07, 6.45) is 0. The van der Waals surface area contributed by atoms with Gasteiger partial charge in [-0.2, -0.15) is 0 Å². The van der Waals surface area contributed by atoms with E-state index in [0.29, 0.717) is 23.9 Å². The first-order valence-electron chi connectivity index (χ1n) is 6.53. The molecule has 0 heterocycles. The molecular weight excluding hydrogens is 290 g/mol. The molecule has 0 atom stereocenters. The van der Waals surface area contributed by atoms with E-state index in [1.54, 1.807) is 12.1 Å².